The Morgan fingerprint density at radius 2 is 1.61 bits per heavy atom. The molecule has 0 aliphatic heterocycles. The van der Waals surface area contributed by atoms with Gasteiger partial charge in [0.15, 0.2) is 0 Å². The minimum Gasteiger partial charge on any atom is -0.497 e. The van der Waals surface area contributed by atoms with Gasteiger partial charge in [-0.15, -0.1) is 0 Å². The third-order valence-electron chi connectivity index (χ3n) is 4.91. The maximum Gasteiger partial charge on any atom is 0.242 e. The minimum atomic E-state index is -0.547. The Hall–Kier alpha value is -3.02. The van der Waals surface area contributed by atoms with Crippen molar-refractivity contribution < 1.29 is 19.1 Å². The second kappa shape index (κ2) is 12.6. The molecule has 6 nitrogen and oxygen atoms in total. The molecule has 0 saturated heterocycles. The summed E-state index contributed by atoms with van der Waals surface area (Å²) in [5.74, 6) is 1.66. The lowest BCUT2D eigenvalue weighted by atomic mass is 10.1. The van der Waals surface area contributed by atoms with E-state index in [1.165, 1.54) is 0 Å². The first-order valence-corrected chi connectivity index (χ1v) is 10.8. The fourth-order valence-electron chi connectivity index (χ4n) is 3.04. The lowest BCUT2D eigenvalue weighted by Gasteiger charge is -2.29. The van der Waals surface area contributed by atoms with Gasteiger partial charge in [-0.05, 0) is 49.1 Å². The van der Waals surface area contributed by atoms with Gasteiger partial charge >= 0.3 is 0 Å². The van der Waals surface area contributed by atoms with Crippen molar-refractivity contribution in [3.8, 4) is 11.5 Å². The van der Waals surface area contributed by atoms with Crippen molar-refractivity contribution in [2.45, 2.75) is 46.2 Å². The number of ether oxygens (including phenoxy) is 2. The Morgan fingerprint density at radius 3 is 2.23 bits per heavy atom. The Bertz CT molecular complexity index is 806. The standard InChI is InChI=1S/C25H34N2O4/c1-19(2)17-26-25(29)20(3)27(18-21-9-6-5-7-10-21)24(28)11-8-16-31-23-14-12-22(30-4)13-15-23/h5-7,9-10,12-15,19-20H,8,11,16-18H2,1-4H3,(H,26,29)/t20-/m1/s1. The molecular formula is C25H34N2O4. The summed E-state index contributed by atoms with van der Waals surface area (Å²) in [4.78, 5) is 27.3. The Morgan fingerprint density at radius 1 is 0.968 bits per heavy atom. The normalized spacial score (nSPS) is 11.6. The number of hydrogen-bond donors (Lipinski definition) is 1. The first-order chi connectivity index (χ1) is 14.9. The molecule has 2 amide bonds. The molecule has 6 heteroatoms. The highest BCUT2D eigenvalue weighted by Gasteiger charge is 2.25. The molecule has 0 aliphatic carbocycles. The van der Waals surface area contributed by atoms with E-state index < -0.39 is 6.04 Å². The highest BCUT2D eigenvalue weighted by atomic mass is 16.5. The van der Waals surface area contributed by atoms with Crippen LogP contribution in [0.5, 0.6) is 11.5 Å². The number of rotatable bonds is 12. The number of carbonyl (C=O) groups is 2. The zero-order valence-corrected chi connectivity index (χ0v) is 19.0. The smallest absolute Gasteiger partial charge is 0.242 e. The van der Waals surface area contributed by atoms with Crippen LogP contribution in [-0.2, 0) is 16.1 Å². The molecule has 2 rings (SSSR count). The molecule has 2 aromatic rings. The maximum atomic E-state index is 13.0. The van der Waals surface area contributed by atoms with Crippen LogP contribution in [0, 0.1) is 5.92 Å². The molecule has 0 aliphatic rings. The molecular weight excluding hydrogens is 392 g/mol. The molecule has 0 spiro atoms. The number of nitrogens with zero attached hydrogens (tertiary/aromatic N) is 1. The molecule has 0 heterocycles. The van der Waals surface area contributed by atoms with Crippen molar-refractivity contribution >= 4 is 11.8 Å². The van der Waals surface area contributed by atoms with E-state index >= 15 is 0 Å². The molecule has 0 fully saturated rings. The van der Waals surface area contributed by atoms with Crippen LogP contribution in [-0.4, -0.2) is 43.0 Å². The van der Waals surface area contributed by atoms with Gasteiger partial charge in [0.25, 0.3) is 0 Å². The van der Waals surface area contributed by atoms with Gasteiger partial charge in [-0.2, -0.15) is 0 Å². The fraction of sp³-hybridized carbons (Fsp3) is 0.440. The van der Waals surface area contributed by atoms with Crippen molar-refractivity contribution in [1.29, 1.82) is 0 Å². The summed E-state index contributed by atoms with van der Waals surface area (Å²) in [7, 11) is 1.62. The lowest BCUT2D eigenvalue weighted by molar-refractivity contribution is -0.140. The van der Waals surface area contributed by atoms with Crippen LogP contribution in [0.25, 0.3) is 0 Å². The predicted octanol–water partition coefficient (Wildman–Crippen LogP) is 4.04. The summed E-state index contributed by atoms with van der Waals surface area (Å²) in [6.45, 7) is 7.28. The Balaban J connectivity index is 1.93. The first-order valence-electron chi connectivity index (χ1n) is 10.8. The summed E-state index contributed by atoms with van der Waals surface area (Å²) >= 11 is 0. The highest BCUT2D eigenvalue weighted by Crippen LogP contribution is 2.17. The van der Waals surface area contributed by atoms with Gasteiger partial charge in [0.1, 0.15) is 17.5 Å². The third kappa shape index (κ3) is 8.32. The first kappa shape index (κ1) is 24.3. The average molecular weight is 427 g/mol. The van der Waals surface area contributed by atoms with Crippen LogP contribution in [0.1, 0.15) is 39.2 Å². The van der Waals surface area contributed by atoms with Gasteiger partial charge in [-0.1, -0.05) is 44.2 Å². The molecule has 0 bridgehead atoms. The third-order valence-corrected chi connectivity index (χ3v) is 4.91. The van der Waals surface area contributed by atoms with Crippen molar-refractivity contribution in [3.63, 3.8) is 0 Å². The number of carbonyl (C=O) groups excluding carboxylic acids is 2. The molecule has 1 atom stereocenters. The second-order valence-corrected chi connectivity index (χ2v) is 7.95. The zero-order valence-electron chi connectivity index (χ0n) is 19.0. The molecule has 0 saturated carbocycles. The topological polar surface area (TPSA) is 67.9 Å². The van der Waals surface area contributed by atoms with E-state index in [0.29, 0.717) is 38.5 Å². The van der Waals surface area contributed by atoms with Crippen LogP contribution in [0.2, 0.25) is 0 Å². The minimum absolute atomic E-state index is 0.0608. The number of nitrogens with one attached hydrogen (secondary N) is 1. The zero-order chi connectivity index (χ0) is 22.6. The van der Waals surface area contributed by atoms with E-state index in [4.69, 9.17) is 9.47 Å². The van der Waals surface area contributed by atoms with Crippen LogP contribution in [0.4, 0.5) is 0 Å². The molecule has 0 radical (unpaired) electrons. The van der Waals surface area contributed by atoms with E-state index in [1.807, 2.05) is 68.4 Å². The Kier molecular flexibility index (Phi) is 9.88. The average Bonchev–Trinajstić information content (AvgIpc) is 2.79. The van der Waals surface area contributed by atoms with Gasteiger partial charge in [0, 0.05) is 19.5 Å². The van der Waals surface area contributed by atoms with Crippen molar-refractivity contribution in [2.24, 2.45) is 5.92 Å². The van der Waals surface area contributed by atoms with E-state index in [9.17, 15) is 9.59 Å². The summed E-state index contributed by atoms with van der Waals surface area (Å²) in [5, 5.41) is 2.93. The van der Waals surface area contributed by atoms with Crippen LogP contribution >= 0.6 is 0 Å². The summed E-state index contributed by atoms with van der Waals surface area (Å²) in [5.41, 5.74) is 0.994. The van der Waals surface area contributed by atoms with Crippen molar-refractivity contribution in [2.75, 3.05) is 20.3 Å². The van der Waals surface area contributed by atoms with Gasteiger partial charge in [-0.25, -0.2) is 0 Å². The van der Waals surface area contributed by atoms with Crippen LogP contribution < -0.4 is 14.8 Å². The molecule has 31 heavy (non-hydrogen) atoms. The summed E-state index contributed by atoms with van der Waals surface area (Å²) in [6.07, 6.45) is 0.876. The van der Waals surface area contributed by atoms with Crippen LogP contribution in [0.3, 0.4) is 0 Å². The number of methoxy groups -OCH3 is 1. The molecule has 0 unspecified atom stereocenters. The molecule has 168 valence electrons. The quantitative estimate of drug-likeness (QED) is 0.520. The molecule has 0 aromatic heterocycles. The largest absolute Gasteiger partial charge is 0.497 e. The molecule has 2 aromatic carbocycles. The van der Waals surface area contributed by atoms with Crippen molar-refractivity contribution in [1.82, 2.24) is 10.2 Å². The Labute approximate surface area is 185 Å². The van der Waals surface area contributed by atoms with Gasteiger partial charge in [-0.3, -0.25) is 9.59 Å². The number of hydrogen-bond acceptors (Lipinski definition) is 4. The van der Waals surface area contributed by atoms with Crippen molar-refractivity contribution in [3.05, 3.63) is 60.2 Å². The van der Waals surface area contributed by atoms with Crippen LogP contribution in [0.15, 0.2) is 54.6 Å². The van der Waals surface area contributed by atoms with E-state index in [2.05, 4.69) is 5.32 Å². The second-order valence-electron chi connectivity index (χ2n) is 7.95. The maximum absolute atomic E-state index is 13.0. The number of amides is 2. The highest BCUT2D eigenvalue weighted by molar-refractivity contribution is 5.87. The predicted molar refractivity (Wildman–Crippen MR) is 122 cm³/mol. The van der Waals surface area contributed by atoms with Gasteiger partial charge in [0.05, 0.1) is 13.7 Å². The fourth-order valence-corrected chi connectivity index (χ4v) is 3.04. The van der Waals surface area contributed by atoms with E-state index in [-0.39, 0.29) is 11.8 Å². The monoisotopic (exact) mass is 426 g/mol. The van der Waals surface area contributed by atoms with Gasteiger partial charge in [0.2, 0.25) is 11.8 Å². The lowest BCUT2D eigenvalue weighted by Crippen LogP contribution is -2.48. The van der Waals surface area contributed by atoms with Gasteiger partial charge < -0.3 is 19.7 Å². The van der Waals surface area contributed by atoms with E-state index in [1.54, 1.807) is 18.9 Å². The summed E-state index contributed by atoms with van der Waals surface area (Å²) in [6, 6.07) is 16.5. The SMILES string of the molecule is COc1ccc(OCCCC(=O)N(Cc2ccccc2)[C@H](C)C(=O)NCC(C)C)cc1. The molecule has 1 N–H and O–H groups in total. The number of benzene rings is 2. The van der Waals surface area contributed by atoms with E-state index in [0.717, 1.165) is 17.1 Å². The summed E-state index contributed by atoms with van der Waals surface area (Å²) < 4.78 is 10.9.